The predicted octanol–water partition coefficient (Wildman–Crippen LogP) is 6.03. The first-order chi connectivity index (χ1) is 13.0. The van der Waals surface area contributed by atoms with Gasteiger partial charge in [0.1, 0.15) is 18.5 Å². The average Bonchev–Trinajstić information content (AvgIpc) is 2.64. The van der Waals surface area contributed by atoms with Crippen LogP contribution in [0.1, 0.15) is 66.2 Å². The standard InChI is InChI=1S/C24H38O3/c1-20(2)10-8-11-21(3)12-9-13-22(4)16-17-26-18-23(25)19-27-24-14-6-5-7-15-24/h6,10,12,14-16,23,25H,5,7-9,11,13,17-19H2,1-4H3/b21-12+,22-16+. The van der Waals surface area contributed by atoms with Crippen LogP contribution in [0.25, 0.3) is 0 Å². The lowest BCUT2D eigenvalue weighted by Crippen LogP contribution is -2.21. The molecule has 3 heteroatoms. The van der Waals surface area contributed by atoms with Gasteiger partial charge in [0.15, 0.2) is 0 Å². The van der Waals surface area contributed by atoms with Crippen molar-refractivity contribution in [1.82, 2.24) is 0 Å². The van der Waals surface area contributed by atoms with Crippen molar-refractivity contribution in [2.24, 2.45) is 0 Å². The molecule has 0 fully saturated rings. The first-order valence-corrected chi connectivity index (χ1v) is 10.2. The van der Waals surface area contributed by atoms with E-state index >= 15 is 0 Å². The lowest BCUT2D eigenvalue weighted by Gasteiger charge is -2.14. The highest BCUT2D eigenvalue weighted by Gasteiger charge is 2.06. The molecule has 0 aliphatic heterocycles. The van der Waals surface area contributed by atoms with Gasteiger partial charge in [-0.15, -0.1) is 0 Å². The smallest absolute Gasteiger partial charge is 0.116 e. The molecule has 27 heavy (non-hydrogen) atoms. The Hall–Kier alpha value is -1.58. The number of allylic oxidation sites excluding steroid dienone is 8. The third-order valence-corrected chi connectivity index (χ3v) is 4.39. The largest absolute Gasteiger partial charge is 0.491 e. The molecule has 0 bridgehead atoms. The maximum Gasteiger partial charge on any atom is 0.116 e. The normalized spacial score (nSPS) is 16.1. The van der Waals surface area contributed by atoms with Gasteiger partial charge in [-0.1, -0.05) is 41.0 Å². The van der Waals surface area contributed by atoms with Crippen LogP contribution >= 0.6 is 0 Å². The van der Waals surface area contributed by atoms with E-state index in [0.29, 0.717) is 13.2 Å². The van der Waals surface area contributed by atoms with Crippen molar-refractivity contribution in [3.63, 3.8) is 0 Å². The van der Waals surface area contributed by atoms with E-state index in [-0.39, 0.29) is 6.61 Å². The van der Waals surface area contributed by atoms with Gasteiger partial charge in [-0.25, -0.2) is 0 Å². The van der Waals surface area contributed by atoms with Crippen LogP contribution in [0.2, 0.25) is 0 Å². The van der Waals surface area contributed by atoms with Crippen molar-refractivity contribution in [3.8, 4) is 0 Å². The summed E-state index contributed by atoms with van der Waals surface area (Å²) in [5, 5.41) is 9.92. The fourth-order valence-corrected chi connectivity index (χ4v) is 2.68. The van der Waals surface area contributed by atoms with Crippen LogP contribution in [-0.4, -0.2) is 31.0 Å². The highest BCUT2D eigenvalue weighted by Crippen LogP contribution is 2.12. The summed E-state index contributed by atoms with van der Waals surface area (Å²) in [5.74, 6) is 0.847. The summed E-state index contributed by atoms with van der Waals surface area (Å²) in [4.78, 5) is 0. The zero-order chi connectivity index (χ0) is 19.9. The Balaban J connectivity index is 2.10. The second kappa shape index (κ2) is 14.5. The Labute approximate surface area is 166 Å². The summed E-state index contributed by atoms with van der Waals surface area (Å²) >= 11 is 0. The molecule has 0 radical (unpaired) electrons. The molecule has 0 amide bonds. The van der Waals surface area contributed by atoms with Crippen molar-refractivity contribution >= 4 is 0 Å². The minimum Gasteiger partial charge on any atom is -0.491 e. The topological polar surface area (TPSA) is 38.7 Å². The van der Waals surface area contributed by atoms with Crippen LogP contribution in [0.4, 0.5) is 0 Å². The van der Waals surface area contributed by atoms with E-state index in [1.807, 2.05) is 6.08 Å². The van der Waals surface area contributed by atoms with E-state index in [4.69, 9.17) is 9.47 Å². The van der Waals surface area contributed by atoms with E-state index < -0.39 is 6.10 Å². The van der Waals surface area contributed by atoms with Gasteiger partial charge in [-0.05, 0) is 78.4 Å². The number of aliphatic hydroxyl groups excluding tert-OH is 1. The molecule has 1 unspecified atom stereocenters. The molecule has 3 nitrogen and oxygen atoms in total. The second-order valence-electron chi connectivity index (χ2n) is 7.55. The van der Waals surface area contributed by atoms with E-state index in [1.54, 1.807) is 0 Å². The molecule has 0 aromatic heterocycles. The molecule has 1 aliphatic carbocycles. The Bertz CT molecular complexity index is 560. The highest BCUT2D eigenvalue weighted by atomic mass is 16.5. The zero-order valence-corrected chi connectivity index (χ0v) is 17.7. The summed E-state index contributed by atoms with van der Waals surface area (Å²) in [6, 6.07) is 0. The first kappa shape index (κ1) is 23.5. The Morgan fingerprint density at radius 1 is 1.00 bits per heavy atom. The van der Waals surface area contributed by atoms with E-state index in [0.717, 1.165) is 44.3 Å². The highest BCUT2D eigenvalue weighted by molar-refractivity contribution is 5.16. The second-order valence-corrected chi connectivity index (χ2v) is 7.55. The fourth-order valence-electron chi connectivity index (χ4n) is 2.68. The molecule has 0 heterocycles. The molecule has 1 atom stereocenters. The predicted molar refractivity (Wildman–Crippen MR) is 115 cm³/mol. The van der Waals surface area contributed by atoms with E-state index in [2.05, 4.69) is 58.1 Å². The van der Waals surface area contributed by atoms with Crippen LogP contribution in [0.15, 0.2) is 58.9 Å². The molecule has 1 aliphatic rings. The first-order valence-electron chi connectivity index (χ1n) is 10.2. The Morgan fingerprint density at radius 2 is 1.70 bits per heavy atom. The number of hydrogen-bond donors (Lipinski definition) is 1. The quantitative estimate of drug-likeness (QED) is 0.316. The van der Waals surface area contributed by atoms with E-state index in [9.17, 15) is 5.11 Å². The number of ether oxygens (including phenoxy) is 2. The zero-order valence-electron chi connectivity index (χ0n) is 17.7. The summed E-state index contributed by atoms with van der Waals surface area (Å²) in [6.07, 6.45) is 18.7. The monoisotopic (exact) mass is 374 g/mol. The van der Waals surface area contributed by atoms with Crippen molar-refractivity contribution < 1.29 is 14.6 Å². The molecular weight excluding hydrogens is 336 g/mol. The van der Waals surface area contributed by atoms with Crippen LogP contribution < -0.4 is 0 Å². The molecule has 1 rings (SSSR count). The number of rotatable bonds is 13. The van der Waals surface area contributed by atoms with Gasteiger partial charge >= 0.3 is 0 Å². The van der Waals surface area contributed by atoms with Gasteiger partial charge < -0.3 is 14.6 Å². The maximum atomic E-state index is 9.92. The number of hydrogen-bond acceptors (Lipinski definition) is 3. The fraction of sp³-hybridized carbons (Fsp3) is 0.583. The minimum atomic E-state index is -0.596. The Morgan fingerprint density at radius 3 is 2.37 bits per heavy atom. The number of aliphatic hydroxyl groups is 1. The van der Waals surface area contributed by atoms with Crippen LogP contribution in [0.5, 0.6) is 0 Å². The van der Waals surface area contributed by atoms with E-state index in [1.165, 1.54) is 16.7 Å². The lowest BCUT2D eigenvalue weighted by atomic mass is 10.1. The van der Waals surface area contributed by atoms with Gasteiger partial charge in [-0.3, -0.25) is 0 Å². The van der Waals surface area contributed by atoms with Crippen molar-refractivity contribution in [3.05, 3.63) is 58.9 Å². The summed E-state index contributed by atoms with van der Waals surface area (Å²) in [7, 11) is 0. The molecule has 0 aromatic carbocycles. The average molecular weight is 375 g/mol. The summed E-state index contributed by atoms with van der Waals surface area (Å²) in [5.41, 5.74) is 4.18. The van der Waals surface area contributed by atoms with Gasteiger partial charge in [0.25, 0.3) is 0 Å². The van der Waals surface area contributed by atoms with Gasteiger partial charge in [-0.2, -0.15) is 0 Å². The maximum absolute atomic E-state index is 9.92. The van der Waals surface area contributed by atoms with Crippen molar-refractivity contribution in [1.29, 1.82) is 0 Å². The van der Waals surface area contributed by atoms with Crippen molar-refractivity contribution in [2.45, 2.75) is 72.3 Å². The Kier molecular flexibility index (Phi) is 12.6. The van der Waals surface area contributed by atoms with Crippen LogP contribution in [0, 0.1) is 0 Å². The molecule has 152 valence electrons. The van der Waals surface area contributed by atoms with Gasteiger partial charge in [0.2, 0.25) is 0 Å². The van der Waals surface area contributed by atoms with Crippen LogP contribution in [-0.2, 0) is 9.47 Å². The minimum absolute atomic E-state index is 0.273. The molecule has 0 aromatic rings. The summed E-state index contributed by atoms with van der Waals surface area (Å²) < 4.78 is 11.1. The molecule has 1 N–H and O–H groups in total. The third kappa shape index (κ3) is 13.3. The molecule has 0 saturated carbocycles. The van der Waals surface area contributed by atoms with Gasteiger partial charge in [0, 0.05) is 0 Å². The third-order valence-electron chi connectivity index (χ3n) is 4.39. The van der Waals surface area contributed by atoms with Crippen LogP contribution in [0.3, 0.4) is 0 Å². The molecule has 0 spiro atoms. The molecule has 0 saturated heterocycles. The summed E-state index contributed by atoms with van der Waals surface area (Å²) in [6.45, 7) is 9.75. The van der Waals surface area contributed by atoms with Crippen molar-refractivity contribution in [2.75, 3.05) is 19.8 Å². The molecular formula is C24H38O3. The SMILES string of the molecule is CC(C)=CCC/C(C)=C/CC/C(C)=C/COCC(O)COC1=CCCC=C1. The lowest BCUT2D eigenvalue weighted by molar-refractivity contribution is 0.00629. The van der Waals surface area contributed by atoms with Gasteiger partial charge in [0.05, 0.1) is 13.2 Å².